The van der Waals surface area contributed by atoms with Crippen molar-refractivity contribution in [2.75, 3.05) is 31.7 Å². The van der Waals surface area contributed by atoms with Crippen LogP contribution >= 0.6 is 21.6 Å². The highest BCUT2D eigenvalue weighted by molar-refractivity contribution is 8.76. The van der Waals surface area contributed by atoms with Gasteiger partial charge in [0.15, 0.2) is 0 Å². The minimum Gasteiger partial charge on any atom is -0.507 e. The number of nitrogens with one attached hydrogen (secondary N) is 2. The van der Waals surface area contributed by atoms with Gasteiger partial charge in [-0.1, -0.05) is 113 Å². The fraction of sp³-hybridized carbons (Fsp3) is 0.465. The van der Waals surface area contributed by atoms with Crippen LogP contribution in [0.25, 0.3) is 0 Å². The zero-order valence-electron chi connectivity index (χ0n) is 32.1. The molecule has 3 N–H and O–H groups in total. The lowest BCUT2D eigenvalue weighted by atomic mass is 9.94. The van der Waals surface area contributed by atoms with Crippen molar-refractivity contribution >= 4 is 39.4 Å². The average molecular weight is 765 g/mol. The molecule has 2 rings (SSSR count). The lowest BCUT2D eigenvalue weighted by Gasteiger charge is -2.15. The van der Waals surface area contributed by atoms with Crippen molar-refractivity contribution in [2.45, 2.75) is 98.0 Å². The number of cyclic esters (lactones) is 1. The molecule has 0 fully saturated rings. The number of hydrogen-bond donors (Lipinski definition) is 3. The summed E-state index contributed by atoms with van der Waals surface area (Å²) in [6, 6.07) is 0. The predicted octanol–water partition coefficient (Wildman–Crippen LogP) is 9.74. The zero-order chi connectivity index (χ0) is 38.5. The molecular weight excluding hydrogens is 705 g/mol. The molecule has 0 unspecified atom stereocenters. The molecule has 0 spiro atoms. The molecule has 1 aromatic rings. The van der Waals surface area contributed by atoms with Crippen LogP contribution in [-0.4, -0.2) is 54.6 Å². The van der Waals surface area contributed by atoms with Crippen molar-refractivity contribution in [1.82, 2.24) is 10.6 Å². The third-order valence-electron chi connectivity index (χ3n) is 8.28. The molecule has 1 aromatic carbocycles. The molecule has 0 saturated carbocycles. The van der Waals surface area contributed by atoms with Crippen molar-refractivity contribution in [3.63, 3.8) is 0 Å². The summed E-state index contributed by atoms with van der Waals surface area (Å²) in [6.07, 6.45) is 36.4. The fourth-order valence-corrected chi connectivity index (χ4v) is 7.14. The molecule has 0 saturated heterocycles. The number of ether oxygens (including phenoxy) is 2. The van der Waals surface area contributed by atoms with E-state index in [1.54, 1.807) is 28.7 Å². The molecule has 1 aliphatic rings. The van der Waals surface area contributed by atoms with E-state index >= 15 is 0 Å². The maximum absolute atomic E-state index is 12.3. The second-order valence-electron chi connectivity index (χ2n) is 12.5. The number of fused-ring (bicyclic) bond motifs is 1. The number of benzene rings is 1. The lowest BCUT2D eigenvalue weighted by Crippen LogP contribution is -2.25. The van der Waals surface area contributed by atoms with E-state index in [9.17, 15) is 19.5 Å². The third kappa shape index (κ3) is 19.1. The van der Waals surface area contributed by atoms with E-state index in [1.165, 1.54) is 0 Å². The molecular formula is C43H60N2O6S2. The molecule has 0 aliphatic carbocycles. The van der Waals surface area contributed by atoms with Crippen LogP contribution in [-0.2, 0) is 27.4 Å². The Morgan fingerprint density at radius 1 is 0.792 bits per heavy atom. The first-order chi connectivity index (χ1) is 25.8. The number of esters is 1. The van der Waals surface area contributed by atoms with Crippen LogP contribution in [0.1, 0.15) is 105 Å². The molecule has 0 atom stereocenters. The molecule has 1 heterocycles. The summed E-state index contributed by atoms with van der Waals surface area (Å²) < 4.78 is 10.7. The first-order valence-corrected chi connectivity index (χ1v) is 21.2. The minimum absolute atomic E-state index is 0.0148. The molecule has 290 valence electrons. The smallest absolute Gasteiger partial charge is 0.342 e. The first-order valence-electron chi connectivity index (χ1n) is 18.7. The van der Waals surface area contributed by atoms with Gasteiger partial charge >= 0.3 is 5.97 Å². The summed E-state index contributed by atoms with van der Waals surface area (Å²) >= 11 is 0. The number of allylic oxidation sites excluding steroid dienone is 14. The van der Waals surface area contributed by atoms with Crippen LogP contribution in [0.5, 0.6) is 11.5 Å². The molecule has 10 heteroatoms. The fourth-order valence-electron chi connectivity index (χ4n) is 5.33. The topological polar surface area (TPSA) is 114 Å². The summed E-state index contributed by atoms with van der Waals surface area (Å²) in [5.41, 5.74) is 3.22. The normalized spacial score (nSPS) is 13.4. The average Bonchev–Trinajstić information content (AvgIpc) is 3.55. The van der Waals surface area contributed by atoms with E-state index < -0.39 is 5.97 Å². The summed E-state index contributed by atoms with van der Waals surface area (Å²) in [5, 5.41) is 16.7. The highest BCUT2D eigenvalue weighted by Crippen LogP contribution is 2.42. The van der Waals surface area contributed by atoms with E-state index in [-0.39, 0.29) is 29.7 Å². The minimum atomic E-state index is -0.520. The summed E-state index contributed by atoms with van der Waals surface area (Å²) in [4.78, 5) is 36.6. The van der Waals surface area contributed by atoms with E-state index in [4.69, 9.17) is 9.47 Å². The Bertz CT molecular complexity index is 1510. The van der Waals surface area contributed by atoms with E-state index in [1.807, 2.05) is 19.9 Å². The highest BCUT2D eigenvalue weighted by atomic mass is 33.1. The van der Waals surface area contributed by atoms with Gasteiger partial charge in [-0.2, -0.15) is 0 Å². The summed E-state index contributed by atoms with van der Waals surface area (Å²) in [6.45, 7) is 7.28. The van der Waals surface area contributed by atoms with Gasteiger partial charge in [0.25, 0.3) is 0 Å². The molecule has 0 radical (unpaired) electrons. The number of carbonyl (C=O) groups excluding carboxylic acids is 3. The van der Waals surface area contributed by atoms with Crippen LogP contribution in [0.2, 0.25) is 0 Å². The van der Waals surface area contributed by atoms with Crippen molar-refractivity contribution < 1.29 is 29.0 Å². The number of carbonyl (C=O) groups is 3. The number of hydrogen-bond acceptors (Lipinski definition) is 8. The standard InChI is InChI=1S/C43H60N2O6S2/c1-5-6-7-8-9-10-11-12-13-14-15-16-17-18-19-20-21-22-23-24-38(46)44-29-31-52-53-32-30-45-39(47)28-26-34(2)25-27-36-41(48)40-37(33-51-43(40)49)35(3)42(36)50-4/h6-7,9-10,12-13,15-16,18-19,21-22,25,48H,5,8,11,14,17,20,23-24,26-33H2,1-4H3,(H,44,46)(H,45,47)/b7-6-,10-9-,13-12-,16-15-,19-18-,22-21-,34-25+. The number of aromatic hydroxyl groups is 1. The Hall–Kier alpha value is -3.89. The predicted molar refractivity (Wildman–Crippen MR) is 224 cm³/mol. The van der Waals surface area contributed by atoms with Crippen LogP contribution in [0.4, 0.5) is 0 Å². The Morgan fingerprint density at radius 2 is 1.30 bits per heavy atom. The number of rotatable bonds is 27. The first kappa shape index (κ1) is 45.3. The largest absolute Gasteiger partial charge is 0.507 e. The molecule has 2 amide bonds. The van der Waals surface area contributed by atoms with Crippen molar-refractivity contribution in [3.05, 3.63) is 107 Å². The van der Waals surface area contributed by atoms with E-state index in [0.29, 0.717) is 55.6 Å². The SMILES string of the molecule is CC/C=C\C/C=C\C/C=C\C/C=C\C/C=C\C/C=C\CCC(=O)NCCSSCCNC(=O)CC/C(C)=C/Cc1c(O)c2c(c(C)c1OC)COC2=O. The number of methoxy groups -OCH3 is 1. The zero-order valence-corrected chi connectivity index (χ0v) is 33.8. The number of amides is 2. The maximum Gasteiger partial charge on any atom is 0.342 e. The van der Waals surface area contributed by atoms with Crippen LogP contribution in [0, 0.1) is 6.92 Å². The van der Waals surface area contributed by atoms with Gasteiger partial charge in [-0.25, -0.2) is 4.79 Å². The van der Waals surface area contributed by atoms with Gasteiger partial charge in [-0.3, -0.25) is 9.59 Å². The molecule has 53 heavy (non-hydrogen) atoms. The van der Waals surface area contributed by atoms with Gasteiger partial charge in [0, 0.05) is 48.6 Å². The van der Waals surface area contributed by atoms with Gasteiger partial charge in [-0.15, -0.1) is 0 Å². The Kier molecular flexibility index (Phi) is 24.4. The summed E-state index contributed by atoms with van der Waals surface area (Å²) in [5.74, 6) is 1.57. The summed E-state index contributed by atoms with van der Waals surface area (Å²) in [7, 11) is 4.90. The molecule has 1 aliphatic heterocycles. The molecule has 8 nitrogen and oxygen atoms in total. The van der Waals surface area contributed by atoms with Gasteiger partial charge in [-0.05, 0) is 77.2 Å². The quantitative estimate of drug-likeness (QED) is 0.0351. The number of phenols is 1. The Labute approximate surface area is 325 Å². The van der Waals surface area contributed by atoms with E-state index in [0.717, 1.165) is 67.6 Å². The monoisotopic (exact) mass is 764 g/mol. The van der Waals surface area contributed by atoms with E-state index in [2.05, 4.69) is 90.5 Å². The van der Waals surface area contributed by atoms with Crippen molar-refractivity contribution in [2.24, 2.45) is 0 Å². The Balaban J connectivity index is 1.45. The van der Waals surface area contributed by atoms with Crippen molar-refractivity contribution in [1.29, 1.82) is 0 Å². The maximum atomic E-state index is 12.3. The third-order valence-corrected chi connectivity index (χ3v) is 10.7. The number of phenolic OH excluding ortho intramolecular Hbond substituents is 1. The van der Waals surface area contributed by atoms with Gasteiger partial charge in [0.05, 0.1) is 7.11 Å². The second kappa shape index (κ2) is 28.6. The molecule has 0 aromatic heterocycles. The second-order valence-corrected chi connectivity index (χ2v) is 15.2. The Morgan fingerprint density at radius 3 is 1.83 bits per heavy atom. The molecule has 0 bridgehead atoms. The lowest BCUT2D eigenvalue weighted by molar-refractivity contribution is -0.121. The van der Waals surface area contributed by atoms with Crippen molar-refractivity contribution in [3.8, 4) is 11.5 Å². The van der Waals surface area contributed by atoms with Crippen LogP contribution in [0.3, 0.4) is 0 Å². The van der Waals surface area contributed by atoms with Gasteiger partial charge in [0.1, 0.15) is 23.7 Å². The van der Waals surface area contributed by atoms with Crippen LogP contribution < -0.4 is 15.4 Å². The van der Waals surface area contributed by atoms with Crippen LogP contribution in [0.15, 0.2) is 84.6 Å². The van der Waals surface area contributed by atoms with Gasteiger partial charge < -0.3 is 25.2 Å². The van der Waals surface area contributed by atoms with Gasteiger partial charge in [0.2, 0.25) is 11.8 Å². The highest BCUT2D eigenvalue weighted by Gasteiger charge is 2.31.